The number of hydrogen-bond donors (Lipinski definition) is 1. The van der Waals surface area contributed by atoms with Gasteiger partial charge < -0.3 is 4.42 Å². The number of anilines is 1. The molecule has 88 valence electrons. The number of aryl methyl sites for hydroxylation is 1. The zero-order valence-corrected chi connectivity index (χ0v) is 11.2. The highest BCUT2D eigenvalue weighted by Gasteiger charge is 2.13. The van der Waals surface area contributed by atoms with E-state index in [1.165, 1.54) is 6.26 Å². The normalized spacial score (nSPS) is 10.3. The number of nitrogens with zero attached hydrogens (tertiary/aromatic N) is 1. The molecule has 1 heterocycles. The quantitative estimate of drug-likeness (QED) is 0.920. The van der Waals surface area contributed by atoms with E-state index in [0.717, 1.165) is 0 Å². The minimum absolute atomic E-state index is 0.166. The van der Waals surface area contributed by atoms with Gasteiger partial charge in [0.05, 0.1) is 11.3 Å². The molecular weight excluding hydrogens is 307 g/mol. The van der Waals surface area contributed by atoms with E-state index < -0.39 is 0 Å². The van der Waals surface area contributed by atoms with E-state index in [2.05, 4.69) is 26.2 Å². The van der Waals surface area contributed by atoms with Crippen LogP contribution < -0.4 is 5.32 Å². The van der Waals surface area contributed by atoms with Gasteiger partial charge in [-0.25, -0.2) is 0 Å². The minimum Gasteiger partial charge on any atom is -0.432 e. The molecule has 0 radical (unpaired) electrons. The first kappa shape index (κ1) is 12.1. The van der Waals surface area contributed by atoms with Crippen LogP contribution in [-0.4, -0.2) is 10.9 Å². The number of hydrogen-bond acceptors (Lipinski definition) is 3. The number of halogens is 2. The predicted molar refractivity (Wildman–Crippen MR) is 68.3 cm³/mol. The molecule has 2 aromatic rings. The van der Waals surface area contributed by atoms with Gasteiger partial charge in [-0.1, -0.05) is 11.6 Å². The number of rotatable bonds is 2. The molecule has 1 aromatic carbocycles. The Morgan fingerprint density at radius 2 is 2.29 bits per heavy atom. The van der Waals surface area contributed by atoms with E-state index in [-0.39, 0.29) is 11.9 Å². The van der Waals surface area contributed by atoms with Gasteiger partial charge in [-0.2, -0.15) is 4.98 Å². The lowest BCUT2D eigenvalue weighted by Crippen LogP contribution is -2.12. The molecule has 0 saturated carbocycles. The maximum absolute atomic E-state index is 11.9. The molecule has 1 amide bonds. The largest absolute Gasteiger partial charge is 0.432 e. The molecule has 0 unspecified atom stereocenters. The van der Waals surface area contributed by atoms with Crippen LogP contribution in [0.1, 0.15) is 16.1 Å². The Bertz CT molecular complexity index is 568. The van der Waals surface area contributed by atoms with Crippen molar-refractivity contribution in [3.63, 3.8) is 0 Å². The summed E-state index contributed by atoms with van der Waals surface area (Å²) < 4.78 is 5.69. The Labute approximate surface area is 111 Å². The molecule has 0 saturated heterocycles. The summed E-state index contributed by atoms with van der Waals surface area (Å²) >= 11 is 9.11. The fraction of sp³-hybridized carbons (Fsp3) is 0.0909. The van der Waals surface area contributed by atoms with E-state index in [9.17, 15) is 4.79 Å². The van der Waals surface area contributed by atoms with Gasteiger partial charge in [0, 0.05) is 9.50 Å². The van der Waals surface area contributed by atoms with Gasteiger partial charge in [0.25, 0.3) is 5.91 Å². The molecule has 6 heteroatoms. The number of carbonyl (C=O) groups excluding carboxylic acids is 1. The smallest absolute Gasteiger partial charge is 0.301 e. The van der Waals surface area contributed by atoms with Crippen LogP contribution in [0.15, 0.2) is 33.4 Å². The van der Waals surface area contributed by atoms with Gasteiger partial charge >= 0.3 is 6.01 Å². The second-order valence-corrected chi connectivity index (χ2v) is 4.66. The van der Waals surface area contributed by atoms with Crippen LogP contribution in [0.25, 0.3) is 0 Å². The highest BCUT2D eigenvalue weighted by molar-refractivity contribution is 9.10. The number of oxazole rings is 1. The molecule has 1 N–H and O–H groups in total. The van der Waals surface area contributed by atoms with E-state index in [0.29, 0.717) is 20.8 Å². The molecule has 0 aliphatic rings. The van der Waals surface area contributed by atoms with E-state index in [1.54, 1.807) is 25.1 Å². The number of carbonyl (C=O) groups is 1. The summed E-state index contributed by atoms with van der Waals surface area (Å²) in [5, 5.41) is 3.03. The second kappa shape index (κ2) is 4.89. The van der Waals surface area contributed by atoms with Crippen molar-refractivity contribution in [3.8, 4) is 0 Å². The number of benzene rings is 1. The topological polar surface area (TPSA) is 55.1 Å². The Morgan fingerprint density at radius 1 is 1.53 bits per heavy atom. The zero-order chi connectivity index (χ0) is 12.4. The van der Waals surface area contributed by atoms with Crippen LogP contribution >= 0.6 is 27.5 Å². The number of nitrogens with one attached hydrogen (secondary N) is 1. The summed E-state index contributed by atoms with van der Waals surface area (Å²) in [7, 11) is 0. The Kier molecular flexibility index (Phi) is 3.49. The fourth-order valence-electron chi connectivity index (χ4n) is 1.25. The lowest BCUT2D eigenvalue weighted by molar-refractivity contribution is 0.102. The van der Waals surface area contributed by atoms with Crippen molar-refractivity contribution in [1.82, 2.24) is 4.98 Å². The summed E-state index contributed by atoms with van der Waals surface area (Å²) in [6.07, 6.45) is 1.46. The molecule has 0 aliphatic heterocycles. The third-order valence-corrected chi connectivity index (χ3v) is 2.94. The standard InChI is InChI=1S/C11H8BrClN2O2/c1-6-5-17-11(14-6)15-10(16)8-4-7(13)2-3-9(8)12/h2-5H,1H3,(H,14,15,16). The zero-order valence-electron chi connectivity index (χ0n) is 8.83. The number of amides is 1. The van der Waals surface area contributed by atoms with Crippen LogP contribution in [0, 0.1) is 6.92 Å². The van der Waals surface area contributed by atoms with E-state index in [4.69, 9.17) is 16.0 Å². The average molecular weight is 316 g/mol. The Balaban J connectivity index is 2.22. The van der Waals surface area contributed by atoms with Crippen LogP contribution in [0.4, 0.5) is 6.01 Å². The summed E-state index contributed by atoms with van der Waals surface area (Å²) in [6.45, 7) is 1.77. The van der Waals surface area contributed by atoms with Crippen LogP contribution in [0.5, 0.6) is 0 Å². The molecule has 2 rings (SSSR count). The average Bonchev–Trinajstić information content (AvgIpc) is 2.67. The van der Waals surface area contributed by atoms with Crippen LogP contribution in [0.3, 0.4) is 0 Å². The predicted octanol–water partition coefficient (Wildman–Crippen LogP) is 3.65. The molecule has 0 bridgehead atoms. The molecule has 17 heavy (non-hydrogen) atoms. The van der Waals surface area contributed by atoms with Crippen molar-refractivity contribution in [2.24, 2.45) is 0 Å². The Morgan fingerprint density at radius 3 is 2.94 bits per heavy atom. The van der Waals surface area contributed by atoms with Crippen molar-refractivity contribution >= 4 is 39.5 Å². The van der Waals surface area contributed by atoms with Gasteiger partial charge in [-0.15, -0.1) is 0 Å². The van der Waals surface area contributed by atoms with Gasteiger partial charge in [0.15, 0.2) is 0 Å². The lowest BCUT2D eigenvalue weighted by Gasteiger charge is -2.03. The summed E-state index contributed by atoms with van der Waals surface area (Å²) in [4.78, 5) is 15.9. The van der Waals surface area contributed by atoms with Crippen molar-refractivity contribution in [1.29, 1.82) is 0 Å². The second-order valence-electron chi connectivity index (χ2n) is 3.37. The van der Waals surface area contributed by atoms with Crippen molar-refractivity contribution in [2.75, 3.05) is 5.32 Å². The summed E-state index contributed by atoms with van der Waals surface area (Å²) in [5.74, 6) is -0.332. The highest BCUT2D eigenvalue weighted by atomic mass is 79.9. The highest BCUT2D eigenvalue weighted by Crippen LogP contribution is 2.22. The third-order valence-electron chi connectivity index (χ3n) is 2.01. The third kappa shape index (κ3) is 2.87. The monoisotopic (exact) mass is 314 g/mol. The van der Waals surface area contributed by atoms with Crippen molar-refractivity contribution < 1.29 is 9.21 Å². The van der Waals surface area contributed by atoms with Gasteiger partial charge in [-0.3, -0.25) is 10.1 Å². The molecule has 0 spiro atoms. The first-order chi connectivity index (χ1) is 8.06. The van der Waals surface area contributed by atoms with Crippen molar-refractivity contribution in [2.45, 2.75) is 6.92 Å². The molecule has 1 aromatic heterocycles. The molecule has 0 atom stereocenters. The maximum atomic E-state index is 11.9. The van der Waals surface area contributed by atoms with Crippen LogP contribution in [-0.2, 0) is 0 Å². The molecule has 4 nitrogen and oxygen atoms in total. The fourth-order valence-corrected chi connectivity index (χ4v) is 1.85. The van der Waals surface area contributed by atoms with Crippen molar-refractivity contribution in [3.05, 3.63) is 45.2 Å². The molecular formula is C11H8BrClN2O2. The summed E-state index contributed by atoms with van der Waals surface area (Å²) in [6, 6.07) is 5.13. The maximum Gasteiger partial charge on any atom is 0.301 e. The molecule has 0 aliphatic carbocycles. The Hall–Kier alpha value is -1.33. The minimum atomic E-state index is -0.332. The first-order valence-electron chi connectivity index (χ1n) is 4.75. The van der Waals surface area contributed by atoms with Gasteiger partial charge in [-0.05, 0) is 41.1 Å². The van der Waals surface area contributed by atoms with Gasteiger partial charge in [0.2, 0.25) is 0 Å². The van der Waals surface area contributed by atoms with E-state index in [1.807, 2.05) is 0 Å². The first-order valence-corrected chi connectivity index (χ1v) is 5.92. The number of aromatic nitrogens is 1. The van der Waals surface area contributed by atoms with Crippen LogP contribution in [0.2, 0.25) is 5.02 Å². The lowest BCUT2D eigenvalue weighted by atomic mass is 10.2. The summed E-state index contributed by atoms with van der Waals surface area (Å²) in [5.41, 5.74) is 1.12. The van der Waals surface area contributed by atoms with Gasteiger partial charge in [0.1, 0.15) is 6.26 Å². The van der Waals surface area contributed by atoms with E-state index >= 15 is 0 Å². The molecule has 0 fully saturated rings. The SMILES string of the molecule is Cc1coc(NC(=O)c2cc(Cl)ccc2Br)n1.